The van der Waals surface area contributed by atoms with Gasteiger partial charge in [-0.3, -0.25) is 4.79 Å². The van der Waals surface area contributed by atoms with Crippen molar-refractivity contribution < 1.29 is 9.53 Å². The van der Waals surface area contributed by atoms with Crippen molar-refractivity contribution >= 4 is 17.7 Å². The van der Waals surface area contributed by atoms with Gasteiger partial charge in [-0.25, -0.2) is 0 Å². The molecule has 0 unspecified atom stereocenters. The lowest BCUT2D eigenvalue weighted by molar-refractivity contribution is -0.128. The average Bonchev–Trinajstić information content (AvgIpc) is 2.90. The van der Waals surface area contributed by atoms with Crippen molar-refractivity contribution in [3.63, 3.8) is 0 Å². The summed E-state index contributed by atoms with van der Waals surface area (Å²) in [5, 5.41) is 0.112. The maximum Gasteiger partial charge on any atom is 0.234 e. The van der Waals surface area contributed by atoms with E-state index in [1.807, 2.05) is 47.4 Å². The van der Waals surface area contributed by atoms with E-state index < -0.39 is 0 Å². The Balaban J connectivity index is 1.79. The summed E-state index contributed by atoms with van der Waals surface area (Å²) in [4.78, 5) is 14.1. The number of carbonyl (C=O) groups excluding carboxylic acids is 1. The summed E-state index contributed by atoms with van der Waals surface area (Å²) in [5.41, 5.74) is 2.30. The van der Waals surface area contributed by atoms with Gasteiger partial charge in [0.2, 0.25) is 5.91 Å². The number of nitrogens with zero attached hydrogens (tertiary/aromatic N) is 1. The molecular weight excluding hydrogens is 282 g/mol. The molecule has 0 spiro atoms. The first-order valence-corrected chi connectivity index (χ1v) is 7.92. The predicted octanol–water partition coefficient (Wildman–Crippen LogP) is 3.47. The molecule has 1 amide bonds. The SMILES string of the molecule is COc1ccc(CN2C(=O)CS[C@@H]2c2ccccc2)cc1. The number of rotatable bonds is 4. The molecule has 1 heterocycles. The summed E-state index contributed by atoms with van der Waals surface area (Å²) < 4.78 is 5.17. The molecule has 0 N–H and O–H groups in total. The molecule has 1 aliphatic rings. The van der Waals surface area contributed by atoms with E-state index >= 15 is 0 Å². The minimum Gasteiger partial charge on any atom is -0.497 e. The number of ether oxygens (including phenoxy) is 1. The van der Waals surface area contributed by atoms with Crippen molar-refractivity contribution in [3.8, 4) is 5.75 Å². The van der Waals surface area contributed by atoms with Crippen LogP contribution in [-0.4, -0.2) is 23.7 Å². The molecule has 2 aromatic rings. The largest absolute Gasteiger partial charge is 0.497 e. The Kier molecular flexibility index (Phi) is 4.15. The number of hydrogen-bond acceptors (Lipinski definition) is 3. The standard InChI is InChI=1S/C17H17NO2S/c1-20-15-9-7-13(8-10-15)11-18-16(19)12-21-17(18)14-5-3-2-4-6-14/h2-10,17H,11-12H2,1H3/t17-/m1/s1. The molecule has 0 aliphatic carbocycles. The number of thioether (sulfide) groups is 1. The number of amides is 1. The van der Waals surface area contributed by atoms with Crippen LogP contribution < -0.4 is 4.74 Å². The molecule has 108 valence electrons. The monoisotopic (exact) mass is 299 g/mol. The molecule has 3 nitrogen and oxygen atoms in total. The Bertz CT molecular complexity index is 612. The Labute approximate surface area is 128 Å². The van der Waals surface area contributed by atoms with Crippen molar-refractivity contribution in [3.05, 3.63) is 65.7 Å². The van der Waals surface area contributed by atoms with Gasteiger partial charge in [0, 0.05) is 6.54 Å². The molecular formula is C17H17NO2S. The van der Waals surface area contributed by atoms with Gasteiger partial charge in [-0.2, -0.15) is 0 Å². The zero-order valence-corrected chi connectivity index (χ0v) is 12.7. The zero-order valence-electron chi connectivity index (χ0n) is 11.9. The van der Waals surface area contributed by atoms with Gasteiger partial charge in [0.25, 0.3) is 0 Å². The van der Waals surface area contributed by atoms with Crippen LogP contribution in [0.2, 0.25) is 0 Å². The van der Waals surface area contributed by atoms with Crippen molar-refractivity contribution in [2.24, 2.45) is 0 Å². The topological polar surface area (TPSA) is 29.5 Å². The van der Waals surface area contributed by atoms with Gasteiger partial charge in [-0.1, -0.05) is 42.5 Å². The second kappa shape index (κ2) is 6.22. The minimum absolute atomic E-state index is 0.112. The van der Waals surface area contributed by atoms with Gasteiger partial charge in [0.1, 0.15) is 11.1 Å². The van der Waals surface area contributed by atoms with Crippen LogP contribution in [0.15, 0.2) is 54.6 Å². The summed E-state index contributed by atoms with van der Waals surface area (Å²) in [6.07, 6.45) is 0. The van der Waals surface area contributed by atoms with Gasteiger partial charge in [-0.05, 0) is 23.3 Å². The van der Waals surface area contributed by atoms with E-state index in [1.165, 1.54) is 5.56 Å². The van der Waals surface area contributed by atoms with E-state index in [2.05, 4.69) is 12.1 Å². The van der Waals surface area contributed by atoms with Crippen molar-refractivity contribution in [1.82, 2.24) is 4.90 Å². The summed E-state index contributed by atoms with van der Waals surface area (Å²) in [6, 6.07) is 18.1. The molecule has 0 radical (unpaired) electrons. The lowest BCUT2D eigenvalue weighted by Gasteiger charge is -2.24. The fourth-order valence-electron chi connectivity index (χ4n) is 2.45. The van der Waals surface area contributed by atoms with E-state index in [4.69, 9.17) is 4.74 Å². The first kappa shape index (κ1) is 14.0. The second-order valence-electron chi connectivity index (χ2n) is 4.94. The number of benzene rings is 2. The fourth-order valence-corrected chi connectivity index (χ4v) is 3.63. The summed E-state index contributed by atoms with van der Waals surface area (Å²) >= 11 is 1.69. The maximum atomic E-state index is 12.2. The number of methoxy groups -OCH3 is 1. The molecule has 1 atom stereocenters. The molecule has 0 bridgehead atoms. The molecule has 1 fully saturated rings. The Morgan fingerprint density at radius 2 is 1.86 bits per heavy atom. The molecule has 0 saturated carbocycles. The molecule has 2 aromatic carbocycles. The van der Waals surface area contributed by atoms with Crippen LogP contribution in [0.1, 0.15) is 16.5 Å². The third kappa shape index (κ3) is 3.05. The molecule has 0 aromatic heterocycles. The number of hydrogen-bond donors (Lipinski definition) is 0. The highest BCUT2D eigenvalue weighted by atomic mass is 32.2. The Morgan fingerprint density at radius 1 is 1.14 bits per heavy atom. The predicted molar refractivity (Wildman–Crippen MR) is 85.2 cm³/mol. The van der Waals surface area contributed by atoms with Crippen LogP contribution >= 0.6 is 11.8 Å². The van der Waals surface area contributed by atoms with Crippen LogP contribution in [-0.2, 0) is 11.3 Å². The quantitative estimate of drug-likeness (QED) is 0.866. The summed E-state index contributed by atoms with van der Waals surface area (Å²) in [5.74, 6) is 1.58. The third-order valence-corrected chi connectivity index (χ3v) is 4.82. The first-order valence-electron chi connectivity index (χ1n) is 6.87. The second-order valence-corrected chi connectivity index (χ2v) is 6.01. The summed E-state index contributed by atoms with van der Waals surface area (Å²) in [6.45, 7) is 0.634. The van der Waals surface area contributed by atoms with Crippen LogP contribution in [0, 0.1) is 0 Å². The normalized spacial score (nSPS) is 18.0. The lowest BCUT2D eigenvalue weighted by atomic mass is 10.1. The van der Waals surface area contributed by atoms with Crippen LogP contribution in [0.4, 0.5) is 0 Å². The van der Waals surface area contributed by atoms with E-state index in [-0.39, 0.29) is 11.3 Å². The van der Waals surface area contributed by atoms with Gasteiger partial charge in [0.05, 0.1) is 12.9 Å². The molecule has 21 heavy (non-hydrogen) atoms. The van der Waals surface area contributed by atoms with Crippen molar-refractivity contribution in [2.45, 2.75) is 11.9 Å². The highest BCUT2D eigenvalue weighted by Gasteiger charge is 2.32. The molecule has 1 saturated heterocycles. The molecule has 4 heteroatoms. The third-order valence-electron chi connectivity index (χ3n) is 3.56. The maximum absolute atomic E-state index is 12.2. The van der Waals surface area contributed by atoms with E-state index in [0.717, 1.165) is 11.3 Å². The molecule has 3 rings (SSSR count). The van der Waals surface area contributed by atoms with Crippen LogP contribution in [0.25, 0.3) is 0 Å². The number of carbonyl (C=O) groups is 1. The highest BCUT2D eigenvalue weighted by Crippen LogP contribution is 2.39. The summed E-state index contributed by atoms with van der Waals surface area (Å²) in [7, 11) is 1.65. The van der Waals surface area contributed by atoms with Gasteiger partial charge in [0.15, 0.2) is 0 Å². The van der Waals surface area contributed by atoms with Crippen LogP contribution in [0.5, 0.6) is 5.75 Å². The van der Waals surface area contributed by atoms with Crippen molar-refractivity contribution in [2.75, 3.05) is 12.9 Å². The Morgan fingerprint density at radius 3 is 2.52 bits per heavy atom. The van der Waals surface area contributed by atoms with Gasteiger partial charge >= 0.3 is 0 Å². The molecule has 1 aliphatic heterocycles. The van der Waals surface area contributed by atoms with Gasteiger partial charge in [-0.15, -0.1) is 11.8 Å². The smallest absolute Gasteiger partial charge is 0.234 e. The highest BCUT2D eigenvalue weighted by molar-refractivity contribution is 8.00. The fraction of sp³-hybridized carbons (Fsp3) is 0.235. The first-order chi connectivity index (χ1) is 10.3. The van der Waals surface area contributed by atoms with E-state index in [9.17, 15) is 4.79 Å². The lowest BCUT2D eigenvalue weighted by Crippen LogP contribution is -2.27. The average molecular weight is 299 g/mol. The minimum atomic E-state index is 0.112. The Hall–Kier alpha value is -1.94. The van der Waals surface area contributed by atoms with E-state index in [0.29, 0.717) is 12.3 Å². The van der Waals surface area contributed by atoms with E-state index in [1.54, 1.807) is 18.9 Å². The van der Waals surface area contributed by atoms with Crippen molar-refractivity contribution in [1.29, 1.82) is 0 Å². The zero-order chi connectivity index (χ0) is 14.7. The van der Waals surface area contributed by atoms with Crippen LogP contribution in [0.3, 0.4) is 0 Å². The van der Waals surface area contributed by atoms with Gasteiger partial charge < -0.3 is 9.64 Å².